The fourth-order valence-electron chi connectivity index (χ4n) is 2.73. The summed E-state index contributed by atoms with van der Waals surface area (Å²) in [5.74, 6) is 0.899. The zero-order valence-electron chi connectivity index (χ0n) is 16.7. The number of piperidine rings is 1. The Morgan fingerprint density at radius 3 is 2.40 bits per heavy atom. The molecule has 3 N–H and O–H groups in total. The first-order valence-electron chi connectivity index (χ1n) is 9.42. The van der Waals surface area contributed by atoms with Gasteiger partial charge in [-0.1, -0.05) is 32.9 Å². The van der Waals surface area contributed by atoms with E-state index in [0.717, 1.165) is 45.0 Å². The van der Waals surface area contributed by atoms with Crippen molar-refractivity contribution in [2.45, 2.75) is 53.5 Å². The molecule has 1 aliphatic rings. The number of guanidine groups is 1. The van der Waals surface area contributed by atoms with E-state index in [9.17, 15) is 4.79 Å². The van der Waals surface area contributed by atoms with Crippen LogP contribution in [-0.4, -0.2) is 62.1 Å². The Bertz CT molecular complexity index is 459. The SMILES string of the molecule is C=C(C)CN1CCC(NC(=NCCNC(=O)C(C)(C)C)NCC)CC1. The van der Waals surface area contributed by atoms with Gasteiger partial charge in [0, 0.05) is 44.2 Å². The monoisotopic (exact) mass is 351 g/mol. The summed E-state index contributed by atoms with van der Waals surface area (Å²) >= 11 is 0. The number of carbonyl (C=O) groups excluding carboxylic acids is 1. The van der Waals surface area contributed by atoms with Gasteiger partial charge in [0.1, 0.15) is 0 Å². The third-order valence-electron chi connectivity index (χ3n) is 4.11. The van der Waals surface area contributed by atoms with Crippen LogP contribution in [0.25, 0.3) is 0 Å². The smallest absolute Gasteiger partial charge is 0.225 e. The van der Waals surface area contributed by atoms with Gasteiger partial charge in [-0.05, 0) is 26.7 Å². The molecule has 6 nitrogen and oxygen atoms in total. The predicted molar refractivity (Wildman–Crippen MR) is 106 cm³/mol. The van der Waals surface area contributed by atoms with Crippen LogP contribution in [0.15, 0.2) is 17.1 Å². The van der Waals surface area contributed by atoms with Crippen molar-refractivity contribution in [3.05, 3.63) is 12.2 Å². The van der Waals surface area contributed by atoms with Gasteiger partial charge in [-0.25, -0.2) is 0 Å². The molecule has 1 heterocycles. The number of likely N-dealkylation sites (tertiary alicyclic amines) is 1. The molecular weight excluding hydrogens is 314 g/mol. The number of hydrogen-bond donors (Lipinski definition) is 3. The molecule has 144 valence electrons. The summed E-state index contributed by atoms with van der Waals surface area (Å²) < 4.78 is 0. The minimum atomic E-state index is -0.357. The quantitative estimate of drug-likeness (QED) is 0.283. The second kappa shape index (κ2) is 10.4. The Morgan fingerprint density at radius 1 is 1.24 bits per heavy atom. The van der Waals surface area contributed by atoms with Crippen LogP contribution in [0.5, 0.6) is 0 Å². The molecule has 25 heavy (non-hydrogen) atoms. The average molecular weight is 352 g/mol. The van der Waals surface area contributed by atoms with E-state index in [1.54, 1.807) is 0 Å². The first-order chi connectivity index (χ1) is 11.7. The third-order valence-corrected chi connectivity index (χ3v) is 4.11. The van der Waals surface area contributed by atoms with Crippen molar-refractivity contribution in [2.24, 2.45) is 10.4 Å². The molecule has 0 bridgehead atoms. The predicted octanol–water partition coefficient (Wildman–Crippen LogP) is 1.74. The Balaban J connectivity index is 2.39. The number of nitrogens with zero attached hydrogens (tertiary/aromatic N) is 2. The van der Waals surface area contributed by atoms with E-state index in [-0.39, 0.29) is 11.3 Å². The molecule has 0 aromatic heterocycles. The third kappa shape index (κ3) is 8.91. The van der Waals surface area contributed by atoms with Crippen molar-refractivity contribution < 1.29 is 4.79 Å². The second-order valence-corrected chi connectivity index (χ2v) is 7.92. The number of nitrogens with one attached hydrogen (secondary N) is 3. The van der Waals surface area contributed by atoms with Gasteiger partial charge in [-0.2, -0.15) is 0 Å². The van der Waals surface area contributed by atoms with Gasteiger partial charge in [0.15, 0.2) is 5.96 Å². The lowest BCUT2D eigenvalue weighted by Crippen LogP contribution is -2.49. The number of rotatable bonds is 7. The van der Waals surface area contributed by atoms with Crippen LogP contribution < -0.4 is 16.0 Å². The zero-order chi connectivity index (χ0) is 18.9. The Kier molecular flexibility index (Phi) is 8.97. The summed E-state index contributed by atoms with van der Waals surface area (Å²) in [7, 11) is 0. The zero-order valence-corrected chi connectivity index (χ0v) is 16.7. The van der Waals surface area contributed by atoms with Gasteiger partial charge >= 0.3 is 0 Å². The van der Waals surface area contributed by atoms with Crippen molar-refractivity contribution in [1.29, 1.82) is 0 Å². The van der Waals surface area contributed by atoms with E-state index in [2.05, 4.69) is 46.3 Å². The van der Waals surface area contributed by atoms with Crippen LogP contribution in [0, 0.1) is 5.41 Å². The first-order valence-corrected chi connectivity index (χ1v) is 9.42. The average Bonchev–Trinajstić information content (AvgIpc) is 2.51. The first kappa shape index (κ1) is 21.5. The minimum Gasteiger partial charge on any atom is -0.357 e. The largest absolute Gasteiger partial charge is 0.357 e. The van der Waals surface area contributed by atoms with E-state index in [1.807, 2.05) is 20.8 Å². The van der Waals surface area contributed by atoms with Crippen molar-refractivity contribution >= 4 is 11.9 Å². The van der Waals surface area contributed by atoms with Crippen LogP contribution in [0.4, 0.5) is 0 Å². The second-order valence-electron chi connectivity index (χ2n) is 7.92. The highest BCUT2D eigenvalue weighted by atomic mass is 16.2. The Labute approximate surface area is 153 Å². The topological polar surface area (TPSA) is 68.8 Å². The molecule has 0 aliphatic carbocycles. The normalized spacial score (nSPS) is 17.2. The molecule has 0 aromatic carbocycles. The Morgan fingerprint density at radius 2 is 1.88 bits per heavy atom. The summed E-state index contributed by atoms with van der Waals surface area (Å²) in [6.07, 6.45) is 2.22. The Hall–Kier alpha value is -1.56. The molecular formula is C19H37N5O. The lowest BCUT2D eigenvalue weighted by molar-refractivity contribution is -0.128. The molecule has 0 saturated carbocycles. The number of hydrogen-bond acceptors (Lipinski definition) is 3. The molecule has 1 rings (SSSR count). The van der Waals surface area contributed by atoms with E-state index >= 15 is 0 Å². The highest BCUT2D eigenvalue weighted by Crippen LogP contribution is 2.12. The minimum absolute atomic E-state index is 0.0607. The molecule has 0 spiro atoms. The van der Waals surface area contributed by atoms with Crippen molar-refractivity contribution in [2.75, 3.05) is 39.3 Å². The highest BCUT2D eigenvalue weighted by molar-refractivity contribution is 5.81. The van der Waals surface area contributed by atoms with Gasteiger partial charge < -0.3 is 16.0 Å². The van der Waals surface area contributed by atoms with E-state index in [1.165, 1.54) is 5.57 Å². The molecule has 1 fully saturated rings. The van der Waals surface area contributed by atoms with Crippen molar-refractivity contribution in [1.82, 2.24) is 20.9 Å². The summed E-state index contributed by atoms with van der Waals surface area (Å²) in [5, 5.41) is 9.75. The van der Waals surface area contributed by atoms with Gasteiger partial charge in [0.05, 0.1) is 6.54 Å². The molecule has 1 saturated heterocycles. The van der Waals surface area contributed by atoms with Crippen LogP contribution in [-0.2, 0) is 4.79 Å². The summed E-state index contributed by atoms with van der Waals surface area (Å²) in [5.41, 5.74) is 0.864. The van der Waals surface area contributed by atoms with Crippen LogP contribution in [0.3, 0.4) is 0 Å². The molecule has 6 heteroatoms. The number of carbonyl (C=O) groups is 1. The molecule has 0 unspecified atom stereocenters. The molecule has 1 aliphatic heterocycles. The van der Waals surface area contributed by atoms with Crippen molar-refractivity contribution in [3.8, 4) is 0 Å². The summed E-state index contributed by atoms with van der Waals surface area (Å²) in [6.45, 7) is 19.0. The van der Waals surface area contributed by atoms with Crippen LogP contribution in [0.1, 0.15) is 47.5 Å². The molecule has 1 amide bonds. The maximum Gasteiger partial charge on any atom is 0.225 e. The van der Waals surface area contributed by atoms with E-state index in [4.69, 9.17) is 0 Å². The highest BCUT2D eigenvalue weighted by Gasteiger charge is 2.21. The maximum atomic E-state index is 11.9. The fourth-order valence-corrected chi connectivity index (χ4v) is 2.73. The standard InChI is InChI=1S/C19H37N5O/c1-7-20-18(22-11-10-21-17(25)19(4,5)6)23-16-8-12-24(13-9-16)14-15(2)3/h16H,2,7-14H2,1,3-6H3,(H,21,25)(H2,20,22,23). The fraction of sp³-hybridized carbons (Fsp3) is 0.789. The van der Waals surface area contributed by atoms with Gasteiger partial charge in [-0.3, -0.25) is 14.7 Å². The number of aliphatic imine (C=N–C) groups is 1. The lowest BCUT2D eigenvalue weighted by Gasteiger charge is -2.33. The van der Waals surface area contributed by atoms with Crippen LogP contribution in [0.2, 0.25) is 0 Å². The van der Waals surface area contributed by atoms with Crippen LogP contribution >= 0.6 is 0 Å². The number of amides is 1. The van der Waals surface area contributed by atoms with E-state index < -0.39 is 0 Å². The van der Waals surface area contributed by atoms with Gasteiger partial charge in [0.25, 0.3) is 0 Å². The summed E-state index contributed by atoms with van der Waals surface area (Å²) in [6, 6.07) is 0.448. The van der Waals surface area contributed by atoms with Gasteiger partial charge in [0.2, 0.25) is 5.91 Å². The molecule has 0 atom stereocenters. The van der Waals surface area contributed by atoms with Gasteiger partial charge in [-0.15, -0.1) is 0 Å². The maximum absolute atomic E-state index is 11.9. The molecule has 0 aromatic rings. The van der Waals surface area contributed by atoms with Crippen molar-refractivity contribution in [3.63, 3.8) is 0 Å². The molecule has 0 radical (unpaired) electrons. The van der Waals surface area contributed by atoms with E-state index in [0.29, 0.717) is 19.1 Å². The lowest BCUT2D eigenvalue weighted by atomic mass is 9.96. The summed E-state index contributed by atoms with van der Waals surface area (Å²) in [4.78, 5) is 18.9.